The predicted octanol–water partition coefficient (Wildman–Crippen LogP) is 4.45. The van der Waals surface area contributed by atoms with E-state index in [4.69, 9.17) is 4.98 Å². The van der Waals surface area contributed by atoms with Gasteiger partial charge in [0.2, 0.25) is 0 Å². The Balaban J connectivity index is 1.86. The van der Waals surface area contributed by atoms with E-state index in [2.05, 4.69) is 44.8 Å². The zero-order chi connectivity index (χ0) is 14.8. The van der Waals surface area contributed by atoms with Crippen molar-refractivity contribution in [2.45, 2.75) is 46.5 Å². The second-order valence-corrected chi connectivity index (χ2v) is 7.37. The maximum Gasteiger partial charge on any atom is 0.0921 e. The zero-order valence-corrected chi connectivity index (χ0v) is 13.3. The van der Waals surface area contributed by atoms with Gasteiger partial charge in [-0.05, 0) is 66.7 Å². The molecule has 0 saturated heterocycles. The summed E-state index contributed by atoms with van der Waals surface area (Å²) in [5.74, 6) is 1.51. The number of rotatable bonds is 1. The van der Waals surface area contributed by atoms with Crippen LogP contribution in [0.15, 0.2) is 24.4 Å². The van der Waals surface area contributed by atoms with E-state index in [1.807, 2.05) is 12.3 Å². The number of pyridine rings is 2. The SMILES string of the molecule is Cc1cccnc1-c1nc2c(cc1C)[C@@H]1C[C@H](C2)C1(C)C. The van der Waals surface area contributed by atoms with E-state index in [1.165, 1.54) is 28.8 Å². The van der Waals surface area contributed by atoms with Crippen molar-refractivity contribution in [3.63, 3.8) is 0 Å². The Morgan fingerprint density at radius 2 is 1.95 bits per heavy atom. The van der Waals surface area contributed by atoms with Crippen LogP contribution in [0.3, 0.4) is 0 Å². The van der Waals surface area contributed by atoms with E-state index >= 15 is 0 Å². The van der Waals surface area contributed by atoms with Crippen LogP contribution in [0.2, 0.25) is 0 Å². The van der Waals surface area contributed by atoms with Crippen molar-refractivity contribution in [2.24, 2.45) is 11.3 Å². The average molecular weight is 278 g/mol. The van der Waals surface area contributed by atoms with E-state index in [-0.39, 0.29) is 0 Å². The lowest BCUT2D eigenvalue weighted by molar-refractivity contribution is 0.0169. The normalized spacial score (nSPS) is 25.1. The molecule has 2 nitrogen and oxygen atoms in total. The highest BCUT2D eigenvalue weighted by molar-refractivity contribution is 5.63. The molecule has 0 aromatic carbocycles. The van der Waals surface area contributed by atoms with Crippen LogP contribution >= 0.6 is 0 Å². The first-order valence-corrected chi connectivity index (χ1v) is 7.91. The molecule has 2 bridgehead atoms. The predicted molar refractivity (Wildman–Crippen MR) is 85.3 cm³/mol. The third kappa shape index (κ3) is 1.71. The van der Waals surface area contributed by atoms with E-state index < -0.39 is 0 Å². The molecule has 3 aliphatic carbocycles. The molecule has 0 radical (unpaired) electrons. The van der Waals surface area contributed by atoms with Gasteiger partial charge in [-0.15, -0.1) is 0 Å². The number of hydrogen-bond acceptors (Lipinski definition) is 2. The molecule has 2 aromatic rings. The Morgan fingerprint density at radius 3 is 2.67 bits per heavy atom. The first-order valence-electron chi connectivity index (χ1n) is 7.91. The Kier molecular flexibility index (Phi) is 2.57. The van der Waals surface area contributed by atoms with Gasteiger partial charge in [0.15, 0.2) is 0 Å². The summed E-state index contributed by atoms with van der Waals surface area (Å²) in [6.07, 6.45) is 4.35. The molecular weight excluding hydrogens is 256 g/mol. The lowest BCUT2D eigenvalue weighted by Gasteiger charge is -2.56. The summed E-state index contributed by atoms with van der Waals surface area (Å²) in [7, 11) is 0. The molecule has 2 aromatic heterocycles. The molecule has 1 saturated carbocycles. The van der Waals surface area contributed by atoms with Crippen molar-refractivity contribution in [3.8, 4) is 11.4 Å². The van der Waals surface area contributed by atoms with Gasteiger partial charge in [-0.1, -0.05) is 26.0 Å². The Bertz CT molecular complexity index is 730. The molecule has 0 amide bonds. The van der Waals surface area contributed by atoms with Gasteiger partial charge in [0.1, 0.15) is 0 Å². The van der Waals surface area contributed by atoms with Gasteiger partial charge >= 0.3 is 0 Å². The summed E-state index contributed by atoms with van der Waals surface area (Å²) in [5.41, 5.74) is 7.86. The molecule has 108 valence electrons. The molecule has 3 aliphatic rings. The number of nitrogens with zero attached hydrogens (tertiary/aromatic N) is 2. The summed E-state index contributed by atoms with van der Waals surface area (Å²) >= 11 is 0. The number of aryl methyl sites for hydroxylation is 2. The zero-order valence-electron chi connectivity index (χ0n) is 13.3. The van der Waals surface area contributed by atoms with Gasteiger partial charge in [-0.2, -0.15) is 0 Å². The molecule has 0 N–H and O–H groups in total. The highest BCUT2D eigenvalue weighted by Gasteiger charge is 2.52. The van der Waals surface area contributed by atoms with Crippen LogP contribution in [0.5, 0.6) is 0 Å². The van der Waals surface area contributed by atoms with E-state index in [0.29, 0.717) is 11.3 Å². The first-order chi connectivity index (χ1) is 9.98. The fourth-order valence-electron chi connectivity index (χ4n) is 4.23. The van der Waals surface area contributed by atoms with Crippen molar-refractivity contribution in [2.75, 3.05) is 0 Å². The van der Waals surface area contributed by atoms with E-state index in [9.17, 15) is 0 Å². The maximum atomic E-state index is 5.03. The van der Waals surface area contributed by atoms with Gasteiger partial charge in [-0.25, -0.2) is 0 Å². The van der Waals surface area contributed by atoms with E-state index in [0.717, 1.165) is 23.7 Å². The highest BCUT2D eigenvalue weighted by Crippen LogP contribution is 2.62. The second-order valence-electron chi connectivity index (χ2n) is 7.37. The Hall–Kier alpha value is -1.70. The van der Waals surface area contributed by atoms with Gasteiger partial charge in [0.25, 0.3) is 0 Å². The fraction of sp³-hybridized carbons (Fsp3) is 0.474. The molecule has 21 heavy (non-hydrogen) atoms. The minimum Gasteiger partial charge on any atom is -0.254 e. The van der Waals surface area contributed by atoms with Crippen molar-refractivity contribution >= 4 is 0 Å². The smallest absolute Gasteiger partial charge is 0.0921 e. The Labute approximate surface area is 126 Å². The minimum atomic E-state index is 0.462. The maximum absolute atomic E-state index is 5.03. The van der Waals surface area contributed by atoms with Crippen molar-refractivity contribution in [1.82, 2.24) is 9.97 Å². The van der Waals surface area contributed by atoms with Crippen LogP contribution in [0.1, 0.15) is 48.6 Å². The highest BCUT2D eigenvalue weighted by atomic mass is 14.8. The molecule has 1 fully saturated rings. The summed E-state index contributed by atoms with van der Waals surface area (Å²) in [6.45, 7) is 9.12. The average Bonchev–Trinajstić information content (AvgIpc) is 2.46. The molecule has 0 spiro atoms. The number of aromatic nitrogens is 2. The summed E-state index contributed by atoms with van der Waals surface area (Å²) in [4.78, 5) is 9.58. The molecule has 2 heterocycles. The molecule has 2 heteroatoms. The third-order valence-electron chi connectivity index (χ3n) is 5.84. The van der Waals surface area contributed by atoms with Crippen molar-refractivity contribution < 1.29 is 0 Å². The summed E-state index contributed by atoms with van der Waals surface area (Å²) in [5, 5.41) is 0. The van der Waals surface area contributed by atoms with Gasteiger partial charge in [0.05, 0.1) is 11.4 Å². The standard InChI is InChI=1S/C19H22N2/c1-11-6-5-7-20-17(11)18-12(2)8-14-15-9-13(19(15,3)4)10-16(14)21-18/h5-8,13,15H,9-10H2,1-4H3/t13-,15+/m1/s1. The quantitative estimate of drug-likeness (QED) is 0.770. The minimum absolute atomic E-state index is 0.462. The van der Waals surface area contributed by atoms with Crippen LogP contribution in [-0.4, -0.2) is 9.97 Å². The number of hydrogen-bond donors (Lipinski definition) is 0. The molecule has 5 rings (SSSR count). The van der Waals surface area contributed by atoms with Crippen LogP contribution in [0.4, 0.5) is 0 Å². The molecule has 2 atom stereocenters. The first kappa shape index (κ1) is 13.0. The Morgan fingerprint density at radius 1 is 1.14 bits per heavy atom. The van der Waals surface area contributed by atoms with Gasteiger partial charge in [0, 0.05) is 11.9 Å². The van der Waals surface area contributed by atoms with Gasteiger partial charge in [-0.3, -0.25) is 9.97 Å². The summed E-state index contributed by atoms with van der Waals surface area (Å²) in [6, 6.07) is 6.49. The lowest BCUT2D eigenvalue weighted by atomic mass is 9.48. The topological polar surface area (TPSA) is 25.8 Å². The largest absolute Gasteiger partial charge is 0.254 e. The second kappa shape index (κ2) is 4.16. The van der Waals surface area contributed by atoms with Crippen molar-refractivity contribution in [3.05, 3.63) is 46.8 Å². The monoisotopic (exact) mass is 278 g/mol. The molecule has 0 aliphatic heterocycles. The molecule has 0 unspecified atom stereocenters. The third-order valence-corrected chi connectivity index (χ3v) is 5.84. The van der Waals surface area contributed by atoms with Crippen LogP contribution in [0.25, 0.3) is 11.4 Å². The van der Waals surface area contributed by atoms with Gasteiger partial charge < -0.3 is 0 Å². The van der Waals surface area contributed by atoms with Crippen molar-refractivity contribution in [1.29, 1.82) is 0 Å². The fourth-order valence-corrected chi connectivity index (χ4v) is 4.23. The van der Waals surface area contributed by atoms with Crippen LogP contribution < -0.4 is 0 Å². The molecular formula is C19H22N2. The van der Waals surface area contributed by atoms with E-state index in [1.54, 1.807) is 0 Å². The van der Waals surface area contributed by atoms with Crippen LogP contribution in [0, 0.1) is 25.2 Å². The summed E-state index contributed by atoms with van der Waals surface area (Å²) < 4.78 is 0. The lowest BCUT2D eigenvalue weighted by Crippen LogP contribution is -2.48. The van der Waals surface area contributed by atoms with Crippen LogP contribution in [-0.2, 0) is 6.42 Å².